The van der Waals surface area contributed by atoms with Gasteiger partial charge in [-0.3, -0.25) is 0 Å². The third kappa shape index (κ3) is 2.89. The first kappa shape index (κ1) is 14.9. The summed E-state index contributed by atoms with van der Waals surface area (Å²) in [6.07, 6.45) is 9.58. The van der Waals surface area contributed by atoms with E-state index in [2.05, 4.69) is 44.1 Å². The highest BCUT2D eigenvalue weighted by Gasteiger charge is 2.33. The number of benzene rings is 1. The Morgan fingerprint density at radius 2 is 1.96 bits per heavy atom. The minimum absolute atomic E-state index is 0.263. The van der Waals surface area contributed by atoms with Crippen molar-refractivity contribution < 1.29 is 4.74 Å². The van der Waals surface area contributed by atoms with E-state index in [-0.39, 0.29) is 6.10 Å². The zero-order valence-electron chi connectivity index (χ0n) is 14.2. The molecule has 3 atom stereocenters. The maximum Gasteiger partial charge on any atom is 0.316 e. The quantitative estimate of drug-likeness (QED) is 0.797. The monoisotopic (exact) mass is 334 g/mol. The van der Waals surface area contributed by atoms with E-state index in [0.717, 1.165) is 29.6 Å². The maximum absolute atomic E-state index is 6.14. The number of hydrogen-bond donors (Lipinski definition) is 1. The van der Waals surface area contributed by atoms with Crippen LogP contribution in [-0.4, -0.2) is 45.6 Å². The van der Waals surface area contributed by atoms with Crippen LogP contribution < -0.4 is 4.74 Å². The molecule has 2 aromatic heterocycles. The average molecular weight is 334 g/mol. The number of aromatic amines is 1. The second-order valence-corrected chi connectivity index (χ2v) is 7.18. The Kier molecular flexibility index (Phi) is 3.67. The molecular weight excluding hydrogens is 312 g/mol. The highest BCUT2D eigenvalue weighted by Crippen LogP contribution is 2.29. The summed E-state index contributed by atoms with van der Waals surface area (Å²) in [6, 6.07) is 8.92. The fourth-order valence-corrected chi connectivity index (χ4v) is 4.19. The van der Waals surface area contributed by atoms with Gasteiger partial charge in [-0.15, -0.1) is 0 Å². The molecule has 2 fully saturated rings. The topological polar surface area (TPSA) is 54.0 Å². The molecule has 4 heterocycles. The van der Waals surface area contributed by atoms with Gasteiger partial charge in [0.05, 0.1) is 0 Å². The van der Waals surface area contributed by atoms with Crippen LogP contribution in [0.15, 0.2) is 42.9 Å². The number of nitrogens with zero attached hydrogens (tertiary/aromatic N) is 3. The van der Waals surface area contributed by atoms with Gasteiger partial charge in [0, 0.05) is 48.7 Å². The third-order valence-electron chi connectivity index (χ3n) is 5.57. The van der Waals surface area contributed by atoms with Gasteiger partial charge in [0.1, 0.15) is 6.10 Å². The summed E-state index contributed by atoms with van der Waals surface area (Å²) >= 11 is 0. The Bertz CT molecular complexity index is 873. The minimum Gasteiger partial charge on any atom is -0.460 e. The van der Waals surface area contributed by atoms with Crippen molar-refractivity contribution >= 4 is 10.9 Å². The molecule has 25 heavy (non-hydrogen) atoms. The van der Waals surface area contributed by atoms with E-state index in [1.54, 1.807) is 0 Å². The molecule has 0 spiro atoms. The third-order valence-corrected chi connectivity index (χ3v) is 5.57. The molecule has 0 amide bonds. The average Bonchev–Trinajstić information content (AvgIpc) is 3.13. The van der Waals surface area contributed by atoms with Crippen LogP contribution in [0.25, 0.3) is 22.0 Å². The molecule has 5 heteroatoms. The summed E-state index contributed by atoms with van der Waals surface area (Å²) in [4.78, 5) is 14.7. The molecule has 2 aliphatic heterocycles. The molecule has 3 aromatic rings. The van der Waals surface area contributed by atoms with Crippen molar-refractivity contribution in [3.05, 3.63) is 42.9 Å². The number of rotatable bonds is 3. The summed E-state index contributed by atoms with van der Waals surface area (Å²) < 4.78 is 6.14. The van der Waals surface area contributed by atoms with Crippen molar-refractivity contribution in [2.75, 3.05) is 19.6 Å². The van der Waals surface area contributed by atoms with Gasteiger partial charge >= 0.3 is 6.01 Å². The lowest BCUT2D eigenvalue weighted by molar-refractivity contribution is 0.0103. The molecule has 1 N–H and O–H groups in total. The van der Waals surface area contributed by atoms with Crippen LogP contribution in [0.5, 0.6) is 6.01 Å². The van der Waals surface area contributed by atoms with Crippen LogP contribution in [0.2, 0.25) is 0 Å². The predicted molar refractivity (Wildman–Crippen MR) is 97.5 cm³/mol. The standard InChI is InChI=1S/C20H22N4O/c1-2-16-13-24(8-1)9-6-19(16)25-20-22-11-17(12-23-20)14-3-4-18-15(10-14)5-7-21-18/h3-5,7,10-12,16,19,21H,1-2,6,8-9,13H2/t16-,19-/m1/s1. The normalized spacial score (nSPS) is 25.8. The summed E-state index contributed by atoms with van der Waals surface area (Å²) in [5.74, 6) is 0.627. The van der Waals surface area contributed by atoms with Crippen LogP contribution >= 0.6 is 0 Å². The lowest BCUT2D eigenvalue weighted by Gasteiger charge is -2.41. The first-order valence-corrected chi connectivity index (χ1v) is 9.14. The van der Waals surface area contributed by atoms with Gasteiger partial charge in [-0.05, 0) is 55.0 Å². The fourth-order valence-electron chi connectivity index (χ4n) is 4.19. The van der Waals surface area contributed by atoms with Crippen molar-refractivity contribution in [1.82, 2.24) is 19.9 Å². The molecule has 2 saturated heterocycles. The number of ether oxygens (including phenoxy) is 1. The van der Waals surface area contributed by atoms with Crippen LogP contribution in [0.4, 0.5) is 0 Å². The number of hydrogen-bond acceptors (Lipinski definition) is 4. The number of H-pyrrole nitrogens is 1. The van der Waals surface area contributed by atoms with Crippen molar-refractivity contribution in [3.8, 4) is 17.1 Å². The lowest BCUT2D eigenvalue weighted by Crippen LogP contribution is -2.49. The van der Waals surface area contributed by atoms with E-state index in [1.807, 2.05) is 18.6 Å². The van der Waals surface area contributed by atoms with Gasteiger partial charge < -0.3 is 14.6 Å². The van der Waals surface area contributed by atoms with Crippen LogP contribution in [-0.2, 0) is 0 Å². The van der Waals surface area contributed by atoms with Gasteiger partial charge in [0.25, 0.3) is 0 Å². The second kappa shape index (κ2) is 6.15. The van der Waals surface area contributed by atoms with E-state index in [1.165, 1.54) is 31.3 Å². The van der Waals surface area contributed by atoms with E-state index < -0.39 is 0 Å². The molecular formula is C20H22N4O. The SMILES string of the molecule is c1cc2cc(-c3cnc(O[C@@H]4CCN5CCC[C@@H]4C5)nc3)ccc2[nH]1. The van der Waals surface area contributed by atoms with Gasteiger partial charge in [0.15, 0.2) is 0 Å². The molecule has 1 aromatic carbocycles. The summed E-state index contributed by atoms with van der Waals surface area (Å²) in [6.45, 7) is 3.55. The first-order valence-electron chi connectivity index (χ1n) is 9.14. The smallest absolute Gasteiger partial charge is 0.316 e. The summed E-state index contributed by atoms with van der Waals surface area (Å²) in [5.41, 5.74) is 3.28. The Labute approximate surface area is 147 Å². The first-order chi connectivity index (χ1) is 12.3. The number of piperidine rings is 2. The molecule has 5 rings (SSSR count). The number of fused-ring (bicyclic) bond motifs is 3. The fraction of sp³-hybridized carbons (Fsp3) is 0.400. The molecule has 128 valence electrons. The predicted octanol–water partition coefficient (Wildman–Crippen LogP) is 3.49. The molecule has 0 saturated carbocycles. The van der Waals surface area contributed by atoms with Crippen LogP contribution in [0.1, 0.15) is 19.3 Å². The molecule has 0 aliphatic carbocycles. The molecule has 0 radical (unpaired) electrons. The van der Waals surface area contributed by atoms with Crippen molar-refractivity contribution in [2.24, 2.45) is 5.92 Å². The molecule has 5 nitrogen and oxygen atoms in total. The van der Waals surface area contributed by atoms with Gasteiger partial charge in [0.2, 0.25) is 0 Å². The van der Waals surface area contributed by atoms with Crippen LogP contribution in [0.3, 0.4) is 0 Å². The Morgan fingerprint density at radius 1 is 1.04 bits per heavy atom. The van der Waals surface area contributed by atoms with E-state index in [0.29, 0.717) is 11.9 Å². The minimum atomic E-state index is 0.263. The lowest BCUT2D eigenvalue weighted by atomic mass is 9.87. The zero-order chi connectivity index (χ0) is 16.6. The van der Waals surface area contributed by atoms with Crippen molar-refractivity contribution in [1.29, 1.82) is 0 Å². The summed E-state index contributed by atoms with van der Waals surface area (Å²) in [7, 11) is 0. The van der Waals surface area contributed by atoms with E-state index in [9.17, 15) is 0 Å². The maximum atomic E-state index is 6.14. The van der Waals surface area contributed by atoms with Crippen molar-refractivity contribution in [3.63, 3.8) is 0 Å². The van der Waals surface area contributed by atoms with Crippen LogP contribution in [0, 0.1) is 5.92 Å². The Morgan fingerprint density at radius 3 is 2.88 bits per heavy atom. The van der Waals surface area contributed by atoms with Gasteiger partial charge in [-0.1, -0.05) is 6.07 Å². The Balaban J connectivity index is 1.32. The molecule has 2 bridgehead atoms. The van der Waals surface area contributed by atoms with E-state index >= 15 is 0 Å². The van der Waals surface area contributed by atoms with Crippen molar-refractivity contribution in [2.45, 2.75) is 25.4 Å². The Hall–Kier alpha value is -2.40. The zero-order valence-corrected chi connectivity index (χ0v) is 14.2. The molecule has 2 aliphatic rings. The van der Waals surface area contributed by atoms with E-state index in [4.69, 9.17) is 4.74 Å². The number of nitrogens with one attached hydrogen (secondary N) is 1. The second-order valence-electron chi connectivity index (χ2n) is 7.18. The highest BCUT2D eigenvalue weighted by molar-refractivity contribution is 5.84. The largest absolute Gasteiger partial charge is 0.460 e. The number of aromatic nitrogens is 3. The van der Waals surface area contributed by atoms with Gasteiger partial charge in [-0.25, -0.2) is 9.97 Å². The highest BCUT2D eigenvalue weighted by atomic mass is 16.5. The van der Waals surface area contributed by atoms with Gasteiger partial charge in [-0.2, -0.15) is 0 Å². The molecule has 1 unspecified atom stereocenters. The summed E-state index contributed by atoms with van der Waals surface area (Å²) in [5, 5.41) is 1.20.